The molecule has 1 aliphatic heterocycles. The SMILES string of the molecule is c1cc(CNc2nccn3c([C@@H]4CCCS4)nnc23)cc(-c2nn[nH]n2)c1. The number of hydrogen-bond acceptors (Lipinski definition) is 8. The Morgan fingerprint density at radius 3 is 3.11 bits per heavy atom. The van der Waals surface area contributed by atoms with E-state index in [0.717, 1.165) is 34.8 Å². The Morgan fingerprint density at radius 2 is 2.26 bits per heavy atom. The van der Waals surface area contributed by atoms with Crippen LogP contribution in [0.3, 0.4) is 0 Å². The molecule has 136 valence electrons. The number of thioether (sulfide) groups is 1. The Balaban J connectivity index is 1.38. The second kappa shape index (κ2) is 6.95. The number of aromatic nitrogens is 8. The van der Waals surface area contributed by atoms with Gasteiger partial charge in [-0.1, -0.05) is 18.2 Å². The van der Waals surface area contributed by atoms with Crippen molar-refractivity contribution >= 4 is 23.2 Å². The molecule has 1 atom stereocenters. The largest absolute Gasteiger partial charge is 0.363 e. The highest BCUT2D eigenvalue weighted by Crippen LogP contribution is 2.39. The zero-order chi connectivity index (χ0) is 18.1. The molecule has 0 saturated carbocycles. The normalized spacial score (nSPS) is 16.8. The van der Waals surface area contributed by atoms with Gasteiger partial charge in [0, 0.05) is 24.5 Å². The third-order valence-corrected chi connectivity index (χ3v) is 5.93. The van der Waals surface area contributed by atoms with Crippen LogP contribution in [0.5, 0.6) is 0 Å². The summed E-state index contributed by atoms with van der Waals surface area (Å²) < 4.78 is 2.05. The first-order valence-electron chi connectivity index (χ1n) is 8.76. The van der Waals surface area contributed by atoms with Gasteiger partial charge in [0.2, 0.25) is 11.5 Å². The summed E-state index contributed by atoms with van der Waals surface area (Å²) in [6.45, 7) is 0.610. The first-order valence-corrected chi connectivity index (χ1v) is 9.81. The van der Waals surface area contributed by atoms with Crippen molar-refractivity contribution in [1.82, 2.24) is 40.2 Å². The highest BCUT2D eigenvalue weighted by atomic mass is 32.2. The molecule has 27 heavy (non-hydrogen) atoms. The molecule has 0 unspecified atom stereocenters. The average molecular weight is 379 g/mol. The van der Waals surface area contributed by atoms with Crippen LogP contribution in [-0.2, 0) is 6.54 Å². The predicted octanol–water partition coefficient (Wildman–Crippen LogP) is 2.48. The van der Waals surface area contributed by atoms with Crippen molar-refractivity contribution in [2.45, 2.75) is 24.6 Å². The summed E-state index contributed by atoms with van der Waals surface area (Å²) in [7, 11) is 0. The molecule has 10 heteroatoms. The van der Waals surface area contributed by atoms with E-state index in [0.29, 0.717) is 17.6 Å². The minimum absolute atomic E-state index is 0.418. The summed E-state index contributed by atoms with van der Waals surface area (Å²) in [5, 5.41) is 26.7. The van der Waals surface area contributed by atoms with Crippen molar-refractivity contribution in [2.75, 3.05) is 11.1 Å². The number of benzene rings is 1. The molecule has 1 aromatic carbocycles. The molecule has 1 fully saturated rings. The molecule has 4 heterocycles. The van der Waals surface area contributed by atoms with Gasteiger partial charge in [-0.05, 0) is 35.4 Å². The summed E-state index contributed by atoms with van der Waals surface area (Å²) in [5.41, 5.74) is 2.76. The van der Waals surface area contributed by atoms with E-state index in [4.69, 9.17) is 0 Å². The van der Waals surface area contributed by atoms with E-state index in [2.05, 4.69) is 41.1 Å². The van der Waals surface area contributed by atoms with Gasteiger partial charge in [0.15, 0.2) is 11.6 Å². The van der Waals surface area contributed by atoms with Crippen molar-refractivity contribution < 1.29 is 0 Å². The first-order chi connectivity index (χ1) is 13.4. The number of fused-ring (bicyclic) bond motifs is 1. The molecule has 1 aliphatic rings. The molecule has 4 aromatic rings. The van der Waals surface area contributed by atoms with Gasteiger partial charge < -0.3 is 5.32 Å². The Kier molecular flexibility index (Phi) is 4.17. The molecular weight excluding hydrogens is 362 g/mol. The lowest BCUT2D eigenvalue weighted by Gasteiger charge is -2.09. The number of nitrogens with zero attached hydrogens (tertiary/aromatic N) is 7. The molecule has 0 radical (unpaired) electrons. The van der Waals surface area contributed by atoms with Crippen LogP contribution in [0.25, 0.3) is 17.0 Å². The van der Waals surface area contributed by atoms with Crippen LogP contribution in [0.4, 0.5) is 5.82 Å². The quantitative estimate of drug-likeness (QED) is 0.544. The van der Waals surface area contributed by atoms with Crippen molar-refractivity contribution in [1.29, 1.82) is 0 Å². The van der Waals surface area contributed by atoms with Crippen LogP contribution in [0.15, 0.2) is 36.7 Å². The monoisotopic (exact) mass is 379 g/mol. The minimum atomic E-state index is 0.418. The fourth-order valence-electron chi connectivity index (χ4n) is 3.26. The Labute approximate surface area is 159 Å². The van der Waals surface area contributed by atoms with Gasteiger partial charge in [-0.3, -0.25) is 4.40 Å². The maximum atomic E-state index is 4.45. The number of H-pyrrole nitrogens is 1. The lowest BCUT2D eigenvalue weighted by atomic mass is 10.1. The molecule has 0 aliphatic carbocycles. The topological polar surface area (TPSA) is 110 Å². The molecule has 3 aromatic heterocycles. The van der Waals surface area contributed by atoms with Crippen molar-refractivity contribution in [3.05, 3.63) is 48.0 Å². The lowest BCUT2D eigenvalue weighted by Crippen LogP contribution is -2.05. The van der Waals surface area contributed by atoms with Crippen LogP contribution in [-0.4, -0.2) is 46.0 Å². The zero-order valence-electron chi connectivity index (χ0n) is 14.4. The zero-order valence-corrected chi connectivity index (χ0v) is 15.2. The van der Waals surface area contributed by atoms with Gasteiger partial charge >= 0.3 is 0 Å². The Morgan fingerprint density at radius 1 is 1.26 bits per heavy atom. The van der Waals surface area contributed by atoms with E-state index < -0.39 is 0 Å². The smallest absolute Gasteiger partial charge is 0.204 e. The highest BCUT2D eigenvalue weighted by Gasteiger charge is 2.23. The summed E-state index contributed by atoms with van der Waals surface area (Å²) in [4.78, 5) is 4.45. The van der Waals surface area contributed by atoms with Gasteiger partial charge in [0.05, 0.1) is 5.25 Å². The van der Waals surface area contributed by atoms with Crippen LogP contribution >= 0.6 is 11.8 Å². The molecule has 0 bridgehead atoms. The molecule has 1 saturated heterocycles. The third kappa shape index (κ3) is 3.12. The summed E-state index contributed by atoms with van der Waals surface area (Å²) in [6, 6.07) is 8.00. The van der Waals surface area contributed by atoms with Crippen molar-refractivity contribution in [3.63, 3.8) is 0 Å². The highest BCUT2D eigenvalue weighted by molar-refractivity contribution is 7.99. The molecule has 5 rings (SSSR count). The summed E-state index contributed by atoms with van der Waals surface area (Å²) >= 11 is 1.95. The fraction of sp³-hybridized carbons (Fsp3) is 0.294. The summed E-state index contributed by atoms with van der Waals surface area (Å²) in [6.07, 6.45) is 6.11. The van der Waals surface area contributed by atoms with Crippen LogP contribution < -0.4 is 5.32 Å². The van der Waals surface area contributed by atoms with Gasteiger partial charge in [-0.2, -0.15) is 17.0 Å². The van der Waals surface area contributed by atoms with Gasteiger partial charge in [0.25, 0.3) is 0 Å². The number of tetrazole rings is 1. The number of hydrogen-bond donors (Lipinski definition) is 2. The standard InChI is InChI=1S/C17H17N9S/c1-3-11(9-12(4-1)14-20-24-25-21-14)10-19-15-17-23-22-16(13-5-2-8-27-13)26(17)7-6-18-15/h1,3-4,6-7,9,13H,2,5,8,10H2,(H,18,19)(H,20,21,24,25)/t13-/m0/s1. The molecule has 2 N–H and O–H groups in total. The Hall–Kier alpha value is -3.01. The number of aromatic amines is 1. The molecular formula is C17H17N9S. The second-order valence-electron chi connectivity index (χ2n) is 6.32. The number of rotatable bonds is 5. The van der Waals surface area contributed by atoms with E-state index in [-0.39, 0.29) is 0 Å². The van der Waals surface area contributed by atoms with E-state index in [9.17, 15) is 0 Å². The van der Waals surface area contributed by atoms with E-state index in [1.165, 1.54) is 12.2 Å². The van der Waals surface area contributed by atoms with Gasteiger partial charge in [0.1, 0.15) is 0 Å². The lowest BCUT2D eigenvalue weighted by molar-refractivity contribution is 0.765. The summed E-state index contributed by atoms with van der Waals surface area (Å²) in [5.74, 6) is 3.50. The van der Waals surface area contributed by atoms with Crippen molar-refractivity contribution in [3.8, 4) is 11.4 Å². The third-order valence-electron chi connectivity index (χ3n) is 4.56. The Bertz CT molecular complexity index is 1050. The van der Waals surface area contributed by atoms with Gasteiger partial charge in [-0.25, -0.2) is 4.98 Å². The van der Waals surface area contributed by atoms with E-state index in [1.54, 1.807) is 6.20 Å². The first kappa shape index (κ1) is 16.2. The van der Waals surface area contributed by atoms with Crippen LogP contribution in [0, 0.1) is 0 Å². The van der Waals surface area contributed by atoms with E-state index in [1.807, 2.05) is 46.6 Å². The maximum absolute atomic E-state index is 4.45. The molecule has 0 spiro atoms. The molecule has 0 amide bonds. The number of anilines is 1. The minimum Gasteiger partial charge on any atom is -0.363 e. The maximum Gasteiger partial charge on any atom is 0.204 e. The molecule has 9 nitrogen and oxygen atoms in total. The van der Waals surface area contributed by atoms with Crippen LogP contribution in [0.2, 0.25) is 0 Å². The van der Waals surface area contributed by atoms with Crippen LogP contribution in [0.1, 0.15) is 29.5 Å². The second-order valence-corrected chi connectivity index (χ2v) is 7.63. The van der Waals surface area contributed by atoms with Crippen molar-refractivity contribution in [2.24, 2.45) is 0 Å². The predicted molar refractivity (Wildman–Crippen MR) is 102 cm³/mol. The van der Waals surface area contributed by atoms with Gasteiger partial charge in [-0.15, -0.1) is 20.4 Å². The number of nitrogens with one attached hydrogen (secondary N) is 2. The van der Waals surface area contributed by atoms with E-state index >= 15 is 0 Å². The fourth-order valence-corrected chi connectivity index (χ4v) is 4.52. The average Bonchev–Trinajstić information content (AvgIpc) is 3.47.